The first kappa shape index (κ1) is 14.4. The normalized spacial score (nSPS) is 18.9. The van der Waals surface area contributed by atoms with E-state index >= 15 is 0 Å². The van der Waals surface area contributed by atoms with Crippen LogP contribution in [0.5, 0.6) is 5.75 Å². The minimum Gasteiger partial charge on any atom is -0.496 e. The quantitative estimate of drug-likeness (QED) is 0.812. The van der Waals surface area contributed by atoms with Gasteiger partial charge in [0.1, 0.15) is 5.75 Å². The maximum Gasteiger partial charge on any atom is 0.123 e. The fourth-order valence-corrected chi connectivity index (χ4v) is 3.08. The van der Waals surface area contributed by atoms with E-state index in [0.717, 1.165) is 5.75 Å². The first-order chi connectivity index (χ1) is 9.20. The number of rotatable bonds is 4. The molecule has 0 aliphatic heterocycles. The van der Waals surface area contributed by atoms with Crippen LogP contribution in [0.1, 0.15) is 62.6 Å². The van der Waals surface area contributed by atoms with Crippen molar-refractivity contribution in [1.82, 2.24) is 5.32 Å². The average molecular weight is 261 g/mol. The first-order valence-electron chi connectivity index (χ1n) is 7.61. The Bertz CT molecular complexity index is 394. The lowest BCUT2D eigenvalue weighted by molar-refractivity contribution is 0.381. The Labute approximate surface area is 117 Å². The predicted octanol–water partition coefficient (Wildman–Crippen LogP) is 4.38. The molecule has 0 radical (unpaired) electrons. The third kappa shape index (κ3) is 3.97. The van der Waals surface area contributed by atoms with Gasteiger partial charge in [0.2, 0.25) is 0 Å². The molecule has 1 aliphatic rings. The highest BCUT2D eigenvalue weighted by atomic mass is 16.5. The van der Waals surface area contributed by atoms with Crippen molar-refractivity contribution in [1.29, 1.82) is 0 Å². The van der Waals surface area contributed by atoms with Crippen LogP contribution in [0.4, 0.5) is 0 Å². The predicted molar refractivity (Wildman–Crippen MR) is 80.8 cm³/mol. The smallest absolute Gasteiger partial charge is 0.123 e. The lowest BCUT2D eigenvalue weighted by atomic mass is 10.0. The van der Waals surface area contributed by atoms with Gasteiger partial charge in [-0.05, 0) is 32.8 Å². The van der Waals surface area contributed by atoms with Crippen LogP contribution >= 0.6 is 0 Å². The molecule has 0 spiro atoms. The summed E-state index contributed by atoms with van der Waals surface area (Å²) in [6.45, 7) is 4.39. The molecule has 106 valence electrons. The first-order valence-corrected chi connectivity index (χ1v) is 7.61. The molecular weight excluding hydrogens is 234 g/mol. The molecule has 2 heteroatoms. The lowest BCUT2D eigenvalue weighted by Crippen LogP contribution is -2.31. The summed E-state index contributed by atoms with van der Waals surface area (Å²) in [6, 6.07) is 7.46. The number of nitrogens with one attached hydrogen (secondary N) is 1. The van der Waals surface area contributed by atoms with Crippen molar-refractivity contribution in [3.8, 4) is 5.75 Å². The van der Waals surface area contributed by atoms with Gasteiger partial charge in [-0.3, -0.25) is 0 Å². The van der Waals surface area contributed by atoms with Gasteiger partial charge in [0.05, 0.1) is 7.11 Å². The summed E-state index contributed by atoms with van der Waals surface area (Å²) in [6.07, 6.45) is 8.18. The lowest BCUT2D eigenvalue weighted by Gasteiger charge is -2.24. The molecule has 0 amide bonds. The van der Waals surface area contributed by atoms with E-state index in [4.69, 9.17) is 4.74 Å². The van der Waals surface area contributed by atoms with Crippen molar-refractivity contribution in [2.24, 2.45) is 0 Å². The summed E-state index contributed by atoms with van der Waals surface area (Å²) < 4.78 is 5.50. The van der Waals surface area contributed by atoms with Crippen LogP contribution in [0.15, 0.2) is 18.2 Å². The van der Waals surface area contributed by atoms with E-state index in [0.29, 0.717) is 12.1 Å². The highest BCUT2D eigenvalue weighted by Gasteiger charge is 2.17. The maximum absolute atomic E-state index is 5.50. The van der Waals surface area contributed by atoms with E-state index in [-0.39, 0.29) is 0 Å². The van der Waals surface area contributed by atoms with E-state index in [1.807, 2.05) is 0 Å². The van der Waals surface area contributed by atoms with Gasteiger partial charge >= 0.3 is 0 Å². The van der Waals surface area contributed by atoms with Gasteiger partial charge in [0.25, 0.3) is 0 Å². The molecule has 1 fully saturated rings. The molecule has 1 unspecified atom stereocenters. The second-order valence-corrected chi connectivity index (χ2v) is 5.82. The van der Waals surface area contributed by atoms with Crippen molar-refractivity contribution in [2.75, 3.05) is 7.11 Å². The minimum absolute atomic E-state index is 0.359. The molecule has 0 aromatic heterocycles. The zero-order chi connectivity index (χ0) is 13.7. The van der Waals surface area contributed by atoms with Crippen molar-refractivity contribution >= 4 is 0 Å². The number of methoxy groups -OCH3 is 1. The zero-order valence-corrected chi connectivity index (χ0v) is 12.5. The van der Waals surface area contributed by atoms with Gasteiger partial charge in [-0.25, -0.2) is 0 Å². The average Bonchev–Trinajstić information content (AvgIpc) is 2.67. The Morgan fingerprint density at radius 1 is 1.16 bits per heavy atom. The van der Waals surface area contributed by atoms with Gasteiger partial charge in [-0.15, -0.1) is 0 Å². The number of hydrogen-bond donors (Lipinski definition) is 1. The van der Waals surface area contributed by atoms with E-state index in [1.165, 1.54) is 49.7 Å². The van der Waals surface area contributed by atoms with Crippen LogP contribution in [0.25, 0.3) is 0 Å². The number of ether oxygens (including phenoxy) is 1. The molecule has 0 saturated heterocycles. The van der Waals surface area contributed by atoms with E-state index < -0.39 is 0 Å². The molecule has 0 heterocycles. The minimum atomic E-state index is 0.359. The van der Waals surface area contributed by atoms with Gasteiger partial charge in [-0.2, -0.15) is 0 Å². The van der Waals surface area contributed by atoms with E-state index in [9.17, 15) is 0 Å². The third-order valence-electron chi connectivity index (χ3n) is 4.19. The molecule has 1 atom stereocenters. The summed E-state index contributed by atoms with van der Waals surface area (Å²) in [5, 5.41) is 3.80. The summed E-state index contributed by atoms with van der Waals surface area (Å²) in [5.74, 6) is 0.999. The SMILES string of the molecule is COc1ccc(C)cc1C(C)NC1CCCCCC1. The molecule has 19 heavy (non-hydrogen) atoms. The van der Waals surface area contributed by atoms with Gasteiger partial charge < -0.3 is 10.1 Å². The molecule has 2 nitrogen and oxygen atoms in total. The van der Waals surface area contributed by atoms with Gasteiger partial charge in [-0.1, -0.05) is 43.4 Å². The topological polar surface area (TPSA) is 21.3 Å². The van der Waals surface area contributed by atoms with Gasteiger partial charge in [0, 0.05) is 17.6 Å². The Hall–Kier alpha value is -1.02. The third-order valence-corrected chi connectivity index (χ3v) is 4.19. The molecular formula is C17H27NO. The Morgan fingerprint density at radius 3 is 2.47 bits per heavy atom. The number of aryl methyl sites for hydroxylation is 1. The fraction of sp³-hybridized carbons (Fsp3) is 0.647. The molecule has 1 aliphatic carbocycles. The Kier molecular flexibility index (Phi) is 5.26. The number of benzene rings is 1. The van der Waals surface area contributed by atoms with Crippen LogP contribution in [-0.2, 0) is 0 Å². The summed E-state index contributed by atoms with van der Waals surface area (Å²) in [4.78, 5) is 0. The summed E-state index contributed by atoms with van der Waals surface area (Å²) in [7, 11) is 1.76. The van der Waals surface area contributed by atoms with Crippen LogP contribution in [-0.4, -0.2) is 13.2 Å². The molecule has 1 N–H and O–H groups in total. The van der Waals surface area contributed by atoms with Crippen molar-refractivity contribution in [2.45, 2.75) is 64.5 Å². The highest BCUT2D eigenvalue weighted by Crippen LogP contribution is 2.28. The highest BCUT2D eigenvalue weighted by molar-refractivity contribution is 5.38. The monoisotopic (exact) mass is 261 g/mol. The largest absolute Gasteiger partial charge is 0.496 e. The van der Waals surface area contributed by atoms with Crippen LogP contribution in [0.3, 0.4) is 0 Å². The van der Waals surface area contributed by atoms with Crippen molar-refractivity contribution < 1.29 is 4.74 Å². The standard InChI is InChI=1S/C17H27NO/c1-13-10-11-17(19-3)16(12-13)14(2)18-15-8-6-4-5-7-9-15/h10-12,14-15,18H,4-9H2,1-3H3. The van der Waals surface area contributed by atoms with E-state index in [1.54, 1.807) is 7.11 Å². The maximum atomic E-state index is 5.50. The van der Waals surface area contributed by atoms with Crippen molar-refractivity contribution in [3.63, 3.8) is 0 Å². The van der Waals surface area contributed by atoms with Crippen LogP contribution < -0.4 is 10.1 Å². The van der Waals surface area contributed by atoms with Gasteiger partial charge in [0.15, 0.2) is 0 Å². The number of hydrogen-bond acceptors (Lipinski definition) is 2. The Morgan fingerprint density at radius 2 is 1.84 bits per heavy atom. The summed E-state index contributed by atoms with van der Waals surface area (Å²) in [5.41, 5.74) is 2.58. The second-order valence-electron chi connectivity index (χ2n) is 5.82. The zero-order valence-electron chi connectivity index (χ0n) is 12.5. The molecule has 1 saturated carbocycles. The van der Waals surface area contributed by atoms with Crippen molar-refractivity contribution in [3.05, 3.63) is 29.3 Å². The summed E-state index contributed by atoms with van der Waals surface area (Å²) >= 11 is 0. The fourth-order valence-electron chi connectivity index (χ4n) is 3.08. The molecule has 0 bridgehead atoms. The molecule has 1 aromatic rings. The van der Waals surface area contributed by atoms with Crippen LogP contribution in [0, 0.1) is 6.92 Å². The molecule has 2 rings (SSSR count). The Balaban J connectivity index is 2.05. The van der Waals surface area contributed by atoms with Crippen LogP contribution in [0.2, 0.25) is 0 Å². The van der Waals surface area contributed by atoms with E-state index in [2.05, 4.69) is 37.4 Å². The second kappa shape index (κ2) is 6.95. The molecule has 1 aromatic carbocycles.